The van der Waals surface area contributed by atoms with Gasteiger partial charge in [0.1, 0.15) is 5.78 Å². The highest BCUT2D eigenvalue weighted by Crippen LogP contribution is 1.90. The van der Waals surface area contributed by atoms with Crippen molar-refractivity contribution in [1.82, 2.24) is 5.32 Å². The number of carbonyl (C=O) groups excluding carboxylic acids is 1. The van der Waals surface area contributed by atoms with Crippen LogP contribution >= 0.6 is 0 Å². The summed E-state index contributed by atoms with van der Waals surface area (Å²) >= 11 is 0. The van der Waals surface area contributed by atoms with Gasteiger partial charge in [-0.25, -0.2) is 0 Å². The lowest BCUT2D eigenvalue weighted by Gasteiger charge is -2.09. The van der Waals surface area contributed by atoms with Crippen LogP contribution in [0.3, 0.4) is 0 Å². The molecule has 0 aliphatic rings. The molecule has 0 rings (SSSR count). The van der Waals surface area contributed by atoms with Gasteiger partial charge in [0.05, 0.1) is 0 Å². The van der Waals surface area contributed by atoms with E-state index in [0.717, 1.165) is 13.0 Å². The van der Waals surface area contributed by atoms with Crippen LogP contribution in [0, 0.1) is 0 Å². The Morgan fingerprint density at radius 2 is 2.20 bits per heavy atom. The molecule has 2 heteroatoms. The van der Waals surface area contributed by atoms with E-state index < -0.39 is 0 Å². The summed E-state index contributed by atoms with van der Waals surface area (Å²) in [5.41, 5.74) is 0. The molecule has 1 atom stereocenters. The van der Waals surface area contributed by atoms with Gasteiger partial charge >= 0.3 is 0 Å². The first-order valence-corrected chi connectivity index (χ1v) is 3.89. The predicted molar refractivity (Wildman–Crippen MR) is 43.1 cm³/mol. The molecule has 60 valence electrons. The molecule has 1 N–H and O–H groups in total. The second-order valence-electron chi connectivity index (χ2n) is 2.76. The van der Waals surface area contributed by atoms with Gasteiger partial charge in [-0.05, 0) is 26.8 Å². The molecule has 2 nitrogen and oxygen atoms in total. The summed E-state index contributed by atoms with van der Waals surface area (Å²) in [5.74, 6) is 0.260. The Balaban J connectivity index is 3.25. The van der Waals surface area contributed by atoms with E-state index in [9.17, 15) is 4.79 Å². The van der Waals surface area contributed by atoms with Crippen LogP contribution in [0.15, 0.2) is 0 Å². The van der Waals surface area contributed by atoms with Gasteiger partial charge in [0.2, 0.25) is 0 Å². The van der Waals surface area contributed by atoms with E-state index >= 15 is 0 Å². The molecule has 0 fully saturated rings. The van der Waals surface area contributed by atoms with Crippen LogP contribution < -0.4 is 5.32 Å². The summed E-state index contributed by atoms with van der Waals surface area (Å²) in [6.07, 6.45) is 1.78. The van der Waals surface area contributed by atoms with Crippen molar-refractivity contribution in [1.29, 1.82) is 0 Å². The molecule has 0 aliphatic carbocycles. The van der Waals surface area contributed by atoms with Crippen molar-refractivity contribution >= 4 is 5.78 Å². The van der Waals surface area contributed by atoms with Gasteiger partial charge in [0, 0.05) is 12.5 Å². The molecular formula is C8H17NO. The van der Waals surface area contributed by atoms with E-state index in [-0.39, 0.29) is 5.78 Å². The van der Waals surface area contributed by atoms with E-state index in [1.165, 1.54) is 0 Å². The third kappa shape index (κ3) is 5.76. The van der Waals surface area contributed by atoms with Crippen LogP contribution in [0.4, 0.5) is 0 Å². The first-order valence-electron chi connectivity index (χ1n) is 3.89. The van der Waals surface area contributed by atoms with E-state index in [0.29, 0.717) is 12.5 Å². The molecule has 0 saturated heterocycles. The Labute approximate surface area is 63.0 Å². The van der Waals surface area contributed by atoms with E-state index in [4.69, 9.17) is 0 Å². The first-order chi connectivity index (χ1) is 4.66. The van der Waals surface area contributed by atoms with Gasteiger partial charge in [0.15, 0.2) is 0 Å². The summed E-state index contributed by atoms with van der Waals surface area (Å²) < 4.78 is 0. The molecule has 0 saturated carbocycles. The van der Waals surface area contributed by atoms with Crippen LogP contribution in [0.2, 0.25) is 0 Å². The third-order valence-electron chi connectivity index (χ3n) is 1.34. The minimum Gasteiger partial charge on any atom is -0.314 e. The highest BCUT2D eigenvalue weighted by Gasteiger charge is 2.01. The average Bonchev–Trinajstić information content (AvgIpc) is 1.82. The highest BCUT2D eigenvalue weighted by molar-refractivity contribution is 5.76. The van der Waals surface area contributed by atoms with Gasteiger partial charge in [0.25, 0.3) is 0 Å². The molecule has 0 aromatic heterocycles. The largest absolute Gasteiger partial charge is 0.314 e. The monoisotopic (exact) mass is 143 g/mol. The molecule has 1 unspecified atom stereocenters. The molecule has 0 radical (unpaired) electrons. The predicted octanol–water partition coefficient (Wildman–Crippen LogP) is 1.35. The molecule has 10 heavy (non-hydrogen) atoms. The van der Waals surface area contributed by atoms with Crippen molar-refractivity contribution < 1.29 is 4.79 Å². The standard InChI is InChI=1S/C8H17NO/c1-4-5-9-7(2)6-8(3)10/h7,9H,4-6H2,1-3H3. The lowest BCUT2D eigenvalue weighted by molar-refractivity contribution is -0.117. The van der Waals surface area contributed by atoms with Crippen LogP contribution in [0.25, 0.3) is 0 Å². The smallest absolute Gasteiger partial charge is 0.131 e. The van der Waals surface area contributed by atoms with Crippen molar-refractivity contribution in [2.45, 2.75) is 39.7 Å². The number of nitrogens with one attached hydrogen (secondary N) is 1. The Morgan fingerprint density at radius 1 is 1.60 bits per heavy atom. The summed E-state index contributed by atoms with van der Waals surface area (Å²) in [7, 11) is 0. The van der Waals surface area contributed by atoms with Crippen LogP contribution in [0.1, 0.15) is 33.6 Å². The second-order valence-corrected chi connectivity index (χ2v) is 2.76. The fourth-order valence-corrected chi connectivity index (χ4v) is 0.894. The van der Waals surface area contributed by atoms with Gasteiger partial charge in [-0.2, -0.15) is 0 Å². The number of hydrogen-bond donors (Lipinski definition) is 1. The van der Waals surface area contributed by atoms with Crippen molar-refractivity contribution in [2.75, 3.05) is 6.54 Å². The normalized spacial score (nSPS) is 13.1. The molecular weight excluding hydrogens is 126 g/mol. The Bertz CT molecular complexity index is 101. The zero-order chi connectivity index (χ0) is 7.98. The maximum atomic E-state index is 10.6. The number of ketones is 1. The molecule has 0 bridgehead atoms. The summed E-state index contributed by atoms with van der Waals surface area (Å²) in [4.78, 5) is 10.6. The number of carbonyl (C=O) groups is 1. The third-order valence-corrected chi connectivity index (χ3v) is 1.34. The highest BCUT2D eigenvalue weighted by atomic mass is 16.1. The topological polar surface area (TPSA) is 29.1 Å². The zero-order valence-electron chi connectivity index (χ0n) is 7.11. The van der Waals surface area contributed by atoms with Crippen LogP contribution in [0.5, 0.6) is 0 Å². The molecule has 0 aliphatic heterocycles. The van der Waals surface area contributed by atoms with Crippen molar-refractivity contribution in [3.63, 3.8) is 0 Å². The maximum Gasteiger partial charge on any atom is 0.131 e. The fraction of sp³-hybridized carbons (Fsp3) is 0.875. The summed E-state index contributed by atoms with van der Waals surface area (Å²) in [6, 6.07) is 0.345. The van der Waals surface area contributed by atoms with Gasteiger partial charge in [-0.3, -0.25) is 4.79 Å². The maximum absolute atomic E-state index is 10.6. The number of Topliss-reactive ketones (excluding diaryl/α,β-unsaturated/α-hetero) is 1. The van der Waals surface area contributed by atoms with Gasteiger partial charge < -0.3 is 5.32 Å². The van der Waals surface area contributed by atoms with Crippen molar-refractivity contribution in [2.24, 2.45) is 0 Å². The minimum absolute atomic E-state index is 0.260. The van der Waals surface area contributed by atoms with Crippen LogP contribution in [-0.4, -0.2) is 18.4 Å². The molecule has 0 amide bonds. The molecule has 0 heterocycles. The van der Waals surface area contributed by atoms with E-state index in [1.807, 2.05) is 6.92 Å². The number of hydrogen-bond acceptors (Lipinski definition) is 2. The van der Waals surface area contributed by atoms with Gasteiger partial charge in [-0.1, -0.05) is 6.92 Å². The van der Waals surface area contributed by atoms with Gasteiger partial charge in [-0.15, -0.1) is 0 Å². The number of rotatable bonds is 5. The SMILES string of the molecule is CCCNC(C)CC(C)=O. The Hall–Kier alpha value is -0.370. The summed E-state index contributed by atoms with van der Waals surface area (Å²) in [5, 5.41) is 3.24. The lowest BCUT2D eigenvalue weighted by Crippen LogP contribution is -2.28. The molecule has 0 spiro atoms. The lowest BCUT2D eigenvalue weighted by atomic mass is 10.2. The minimum atomic E-state index is 0.260. The van der Waals surface area contributed by atoms with Crippen molar-refractivity contribution in [3.8, 4) is 0 Å². The van der Waals surface area contributed by atoms with E-state index in [2.05, 4.69) is 12.2 Å². The van der Waals surface area contributed by atoms with Crippen molar-refractivity contribution in [3.05, 3.63) is 0 Å². The Kier molecular flexibility index (Phi) is 5.22. The zero-order valence-corrected chi connectivity index (χ0v) is 7.11. The fourth-order valence-electron chi connectivity index (χ4n) is 0.894. The molecule has 0 aromatic rings. The average molecular weight is 143 g/mol. The van der Waals surface area contributed by atoms with E-state index in [1.54, 1.807) is 6.92 Å². The summed E-state index contributed by atoms with van der Waals surface area (Å²) in [6.45, 7) is 6.79. The Morgan fingerprint density at radius 3 is 2.60 bits per heavy atom. The first kappa shape index (κ1) is 9.63. The quantitative estimate of drug-likeness (QED) is 0.629. The van der Waals surface area contributed by atoms with Crippen LogP contribution in [-0.2, 0) is 4.79 Å². The second kappa shape index (κ2) is 5.42. The molecule has 0 aromatic carbocycles.